The highest BCUT2D eigenvalue weighted by atomic mass is 16.3. The number of para-hydroxylation sites is 1. The Hall–Kier alpha value is -3.01. The van der Waals surface area contributed by atoms with E-state index in [0.29, 0.717) is 6.04 Å². The molecule has 4 nitrogen and oxygen atoms in total. The molecule has 0 N–H and O–H groups in total. The summed E-state index contributed by atoms with van der Waals surface area (Å²) in [5, 5.41) is 2.28. The molecule has 0 atom stereocenters. The van der Waals surface area contributed by atoms with Crippen LogP contribution in [0.5, 0.6) is 0 Å². The van der Waals surface area contributed by atoms with Crippen LogP contribution in [0.2, 0.25) is 0 Å². The van der Waals surface area contributed by atoms with Crippen LogP contribution in [0.25, 0.3) is 21.9 Å². The van der Waals surface area contributed by atoms with E-state index < -0.39 is 0 Å². The van der Waals surface area contributed by atoms with Gasteiger partial charge in [-0.1, -0.05) is 30.3 Å². The molecule has 2 aromatic heterocycles. The van der Waals surface area contributed by atoms with Gasteiger partial charge in [0.25, 0.3) is 0 Å². The summed E-state index contributed by atoms with van der Waals surface area (Å²) in [5.41, 5.74) is 5.16. The van der Waals surface area contributed by atoms with Gasteiger partial charge >= 0.3 is 0 Å². The number of aryl methyl sites for hydroxylation is 1. The van der Waals surface area contributed by atoms with Crippen molar-refractivity contribution >= 4 is 39.1 Å². The summed E-state index contributed by atoms with van der Waals surface area (Å²) in [5.74, 6) is 0.942. The number of rotatable bonds is 2. The van der Waals surface area contributed by atoms with Crippen molar-refractivity contribution in [3.8, 4) is 0 Å². The normalized spacial score (nSPS) is 14.0. The number of furan rings is 1. The fourth-order valence-corrected chi connectivity index (χ4v) is 3.76. The van der Waals surface area contributed by atoms with Gasteiger partial charge in [0, 0.05) is 23.0 Å². The first-order valence-corrected chi connectivity index (χ1v) is 8.93. The first kappa shape index (κ1) is 15.3. The molecule has 3 heterocycles. The summed E-state index contributed by atoms with van der Waals surface area (Å²) < 4.78 is 6.28. The molecular formula is C22H20N3O. The van der Waals surface area contributed by atoms with Gasteiger partial charge in [-0.25, -0.2) is 4.98 Å². The second-order valence-electron chi connectivity index (χ2n) is 7.04. The van der Waals surface area contributed by atoms with E-state index in [-0.39, 0.29) is 0 Å². The standard InChI is InChI=1S/C22H20N3O/c1-14(2)24-13-25(22-18(24)8-6-12-23-22)20-15(3)10-11-17-16-7-4-5-9-19(16)26-21(17)20/h4-14H,1-3H3. The van der Waals surface area contributed by atoms with Crippen molar-refractivity contribution in [2.45, 2.75) is 26.8 Å². The molecule has 1 aliphatic heterocycles. The SMILES string of the molecule is Cc1ccc2c(oc3ccccc32)c1N1[CH]N(C(C)C)c2cccnc21. The monoisotopic (exact) mass is 342 g/mol. The molecular weight excluding hydrogens is 322 g/mol. The molecule has 4 aromatic rings. The summed E-state index contributed by atoms with van der Waals surface area (Å²) in [7, 11) is 0. The number of anilines is 3. The lowest BCUT2D eigenvalue weighted by atomic mass is 10.1. The van der Waals surface area contributed by atoms with Gasteiger partial charge in [-0.05, 0) is 44.5 Å². The second kappa shape index (κ2) is 5.49. The van der Waals surface area contributed by atoms with Crippen LogP contribution in [0, 0.1) is 13.6 Å². The third kappa shape index (κ3) is 2.05. The van der Waals surface area contributed by atoms with Gasteiger partial charge in [0.1, 0.15) is 12.3 Å². The molecule has 0 amide bonds. The van der Waals surface area contributed by atoms with Crippen LogP contribution in [0.3, 0.4) is 0 Å². The number of hydrogen-bond donors (Lipinski definition) is 0. The smallest absolute Gasteiger partial charge is 0.159 e. The first-order chi connectivity index (χ1) is 12.6. The van der Waals surface area contributed by atoms with Crippen LogP contribution < -0.4 is 9.80 Å². The van der Waals surface area contributed by atoms with E-state index in [1.165, 1.54) is 0 Å². The van der Waals surface area contributed by atoms with Gasteiger partial charge in [0.2, 0.25) is 0 Å². The van der Waals surface area contributed by atoms with E-state index in [2.05, 4.69) is 72.6 Å². The van der Waals surface area contributed by atoms with E-state index in [1.54, 1.807) is 0 Å². The maximum Gasteiger partial charge on any atom is 0.159 e. The molecule has 5 rings (SSSR count). The van der Waals surface area contributed by atoms with Gasteiger partial charge in [-0.15, -0.1) is 0 Å². The minimum Gasteiger partial charge on any atom is -0.454 e. The lowest BCUT2D eigenvalue weighted by Gasteiger charge is -2.24. The maximum absolute atomic E-state index is 6.28. The van der Waals surface area contributed by atoms with E-state index in [4.69, 9.17) is 4.42 Å². The Morgan fingerprint density at radius 3 is 2.65 bits per heavy atom. The lowest BCUT2D eigenvalue weighted by molar-refractivity contribution is 0.667. The molecule has 0 saturated carbocycles. The largest absolute Gasteiger partial charge is 0.454 e. The average Bonchev–Trinajstić information content (AvgIpc) is 3.20. The van der Waals surface area contributed by atoms with Crippen molar-refractivity contribution in [1.29, 1.82) is 0 Å². The van der Waals surface area contributed by atoms with Crippen LogP contribution in [0.1, 0.15) is 19.4 Å². The summed E-state index contributed by atoms with van der Waals surface area (Å²) in [6.07, 6.45) is 1.84. The Morgan fingerprint density at radius 1 is 0.962 bits per heavy atom. The minimum absolute atomic E-state index is 0.345. The van der Waals surface area contributed by atoms with Crippen molar-refractivity contribution in [3.05, 3.63) is 67.0 Å². The third-order valence-corrected chi connectivity index (χ3v) is 5.03. The van der Waals surface area contributed by atoms with Crippen molar-refractivity contribution in [3.63, 3.8) is 0 Å². The molecule has 0 spiro atoms. The van der Waals surface area contributed by atoms with Gasteiger partial charge in [-0.2, -0.15) is 0 Å². The van der Waals surface area contributed by atoms with E-state index in [0.717, 1.165) is 44.7 Å². The van der Waals surface area contributed by atoms with Crippen molar-refractivity contribution in [2.24, 2.45) is 0 Å². The topological polar surface area (TPSA) is 32.5 Å². The Balaban J connectivity index is 1.78. The number of fused-ring (bicyclic) bond motifs is 4. The van der Waals surface area contributed by atoms with Crippen LogP contribution in [-0.4, -0.2) is 11.0 Å². The first-order valence-electron chi connectivity index (χ1n) is 8.93. The Kier molecular flexibility index (Phi) is 3.23. The Morgan fingerprint density at radius 2 is 1.81 bits per heavy atom. The lowest BCUT2D eigenvalue weighted by Crippen LogP contribution is -2.28. The zero-order valence-electron chi connectivity index (χ0n) is 15.1. The second-order valence-corrected chi connectivity index (χ2v) is 7.04. The number of benzene rings is 2. The molecule has 4 heteroatoms. The highest BCUT2D eigenvalue weighted by molar-refractivity contribution is 6.10. The van der Waals surface area contributed by atoms with Crippen LogP contribution in [-0.2, 0) is 0 Å². The minimum atomic E-state index is 0.345. The van der Waals surface area contributed by atoms with E-state index >= 15 is 0 Å². The summed E-state index contributed by atoms with van der Waals surface area (Å²) in [4.78, 5) is 9.08. The molecule has 0 unspecified atom stereocenters. The summed E-state index contributed by atoms with van der Waals surface area (Å²) >= 11 is 0. The highest BCUT2D eigenvalue weighted by Crippen LogP contribution is 2.46. The average molecular weight is 342 g/mol. The predicted molar refractivity (Wildman–Crippen MR) is 107 cm³/mol. The zero-order valence-corrected chi connectivity index (χ0v) is 15.1. The van der Waals surface area contributed by atoms with Gasteiger partial charge in [-0.3, -0.25) is 4.90 Å². The molecule has 129 valence electrons. The highest BCUT2D eigenvalue weighted by Gasteiger charge is 2.33. The molecule has 0 fully saturated rings. The molecule has 0 saturated heterocycles. The maximum atomic E-state index is 6.28. The quantitative estimate of drug-likeness (QED) is 0.462. The summed E-state index contributed by atoms with van der Waals surface area (Å²) in [6, 6.07) is 17.0. The van der Waals surface area contributed by atoms with Crippen LogP contribution in [0.4, 0.5) is 17.2 Å². The van der Waals surface area contributed by atoms with Gasteiger partial charge in [0.15, 0.2) is 11.4 Å². The van der Waals surface area contributed by atoms with Crippen molar-refractivity contribution < 1.29 is 4.42 Å². The fourth-order valence-electron chi connectivity index (χ4n) is 3.76. The molecule has 0 aliphatic carbocycles. The van der Waals surface area contributed by atoms with E-state index in [9.17, 15) is 0 Å². The van der Waals surface area contributed by atoms with E-state index in [1.807, 2.05) is 24.4 Å². The molecule has 2 aromatic carbocycles. The molecule has 26 heavy (non-hydrogen) atoms. The molecule has 0 bridgehead atoms. The summed E-state index contributed by atoms with van der Waals surface area (Å²) in [6.45, 7) is 8.63. The molecule has 1 aliphatic rings. The van der Waals surface area contributed by atoms with Crippen molar-refractivity contribution in [1.82, 2.24) is 4.98 Å². The predicted octanol–water partition coefficient (Wildman–Crippen LogP) is 5.78. The number of hydrogen-bond acceptors (Lipinski definition) is 4. The zero-order chi connectivity index (χ0) is 17.8. The van der Waals surface area contributed by atoms with Crippen molar-refractivity contribution in [2.75, 3.05) is 9.80 Å². The molecule has 1 radical (unpaired) electrons. The number of pyridine rings is 1. The fraction of sp³-hybridized carbons (Fsp3) is 0.182. The third-order valence-electron chi connectivity index (χ3n) is 5.03. The van der Waals surface area contributed by atoms with Gasteiger partial charge < -0.3 is 9.32 Å². The van der Waals surface area contributed by atoms with Crippen LogP contribution in [0.15, 0.2) is 59.1 Å². The Bertz CT molecular complexity index is 1130. The number of aromatic nitrogens is 1. The Labute approximate surface area is 152 Å². The number of nitrogens with zero attached hydrogens (tertiary/aromatic N) is 3. The van der Waals surface area contributed by atoms with Gasteiger partial charge in [0.05, 0.1) is 11.4 Å². The van der Waals surface area contributed by atoms with Crippen LogP contribution >= 0.6 is 0 Å².